The second kappa shape index (κ2) is 13.8. The standard InChI is InChI=1S/C20H31N9O.HI/c1-2-21-19(22-9-4-12-29-13-5-10-26-29)23-11-6-18(30)27-14-16-28(17-15-27)20-24-7-3-8-25-20;/h3,5,7-8,10,13H,2,4,6,9,11-12,14-17H2,1H3,(H2,21,22,23);1H. The average molecular weight is 541 g/mol. The summed E-state index contributed by atoms with van der Waals surface area (Å²) in [6.45, 7) is 7.81. The van der Waals surface area contributed by atoms with Gasteiger partial charge < -0.3 is 20.4 Å². The molecule has 3 heterocycles. The summed E-state index contributed by atoms with van der Waals surface area (Å²) in [5.74, 6) is 1.63. The van der Waals surface area contributed by atoms with Gasteiger partial charge in [0.2, 0.25) is 11.9 Å². The minimum absolute atomic E-state index is 0. The van der Waals surface area contributed by atoms with E-state index in [1.165, 1.54) is 0 Å². The summed E-state index contributed by atoms with van der Waals surface area (Å²) < 4.78 is 1.90. The fourth-order valence-electron chi connectivity index (χ4n) is 3.25. The first-order valence-corrected chi connectivity index (χ1v) is 10.6. The van der Waals surface area contributed by atoms with Crippen molar-refractivity contribution >= 4 is 41.8 Å². The SMILES string of the molecule is CCNC(=NCCCn1cccn1)NCCC(=O)N1CCN(c2ncccn2)CC1.I. The summed E-state index contributed by atoms with van der Waals surface area (Å²) in [5.41, 5.74) is 0. The van der Waals surface area contributed by atoms with Gasteiger partial charge >= 0.3 is 0 Å². The van der Waals surface area contributed by atoms with Crippen LogP contribution in [0.3, 0.4) is 0 Å². The highest BCUT2D eigenvalue weighted by atomic mass is 127. The zero-order valence-corrected chi connectivity index (χ0v) is 20.3. The maximum atomic E-state index is 12.5. The average Bonchev–Trinajstić information content (AvgIpc) is 3.31. The zero-order valence-electron chi connectivity index (χ0n) is 18.0. The molecule has 2 N–H and O–H groups in total. The minimum atomic E-state index is 0. The number of aryl methyl sites for hydroxylation is 1. The van der Waals surface area contributed by atoms with Crippen LogP contribution in [0.15, 0.2) is 41.9 Å². The van der Waals surface area contributed by atoms with Crippen LogP contribution in [-0.2, 0) is 11.3 Å². The molecular formula is C20H32IN9O. The first-order valence-electron chi connectivity index (χ1n) is 10.6. The molecule has 0 unspecified atom stereocenters. The summed E-state index contributed by atoms with van der Waals surface area (Å²) >= 11 is 0. The van der Waals surface area contributed by atoms with Crippen LogP contribution in [0.2, 0.25) is 0 Å². The topological polar surface area (TPSA) is 104 Å². The molecule has 1 fully saturated rings. The second-order valence-corrected chi connectivity index (χ2v) is 6.98. The molecule has 170 valence electrons. The molecule has 0 bridgehead atoms. The molecule has 0 saturated carbocycles. The van der Waals surface area contributed by atoms with Crippen LogP contribution >= 0.6 is 24.0 Å². The van der Waals surface area contributed by atoms with Gasteiger partial charge in [-0.3, -0.25) is 14.5 Å². The van der Waals surface area contributed by atoms with Crippen molar-refractivity contribution in [3.8, 4) is 0 Å². The van der Waals surface area contributed by atoms with Gasteiger partial charge in [0, 0.05) is 83.6 Å². The van der Waals surface area contributed by atoms with Gasteiger partial charge in [-0.15, -0.1) is 24.0 Å². The van der Waals surface area contributed by atoms with E-state index < -0.39 is 0 Å². The molecule has 31 heavy (non-hydrogen) atoms. The van der Waals surface area contributed by atoms with Crippen molar-refractivity contribution in [2.24, 2.45) is 4.99 Å². The van der Waals surface area contributed by atoms with Crippen LogP contribution in [0, 0.1) is 0 Å². The van der Waals surface area contributed by atoms with Crippen LogP contribution in [0.5, 0.6) is 0 Å². The number of guanidine groups is 1. The van der Waals surface area contributed by atoms with Gasteiger partial charge in [-0.25, -0.2) is 9.97 Å². The molecule has 0 radical (unpaired) electrons. The molecule has 1 aliphatic heterocycles. The minimum Gasteiger partial charge on any atom is -0.357 e. The van der Waals surface area contributed by atoms with Gasteiger partial charge in [0.05, 0.1) is 0 Å². The number of rotatable bonds is 9. The first kappa shape index (κ1) is 24.8. The Kier molecular flexibility index (Phi) is 11.0. The summed E-state index contributed by atoms with van der Waals surface area (Å²) in [5, 5.41) is 10.7. The van der Waals surface area contributed by atoms with Gasteiger partial charge in [0.25, 0.3) is 0 Å². The largest absolute Gasteiger partial charge is 0.357 e. The smallest absolute Gasteiger partial charge is 0.225 e. The number of hydrogen-bond acceptors (Lipinski definition) is 6. The normalized spacial score (nSPS) is 14.2. The molecule has 3 rings (SSSR count). The number of piperazine rings is 1. The van der Waals surface area contributed by atoms with Crippen LogP contribution in [-0.4, -0.2) is 82.3 Å². The maximum Gasteiger partial charge on any atom is 0.225 e. The van der Waals surface area contributed by atoms with Gasteiger partial charge in [-0.2, -0.15) is 5.10 Å². The van der Waals surface area contributed by atoms with Gasteiger partial charge in [-0.1, -0.05) is 0 Å². The predicted octanol–water partition coefficient (Wildman–Crippen LogP) is 0.975. The third-order valence-electron chi connectivity index (χ3n) is 4.82. The highest BCUT2D eigenvalue weighted by molar-refractivity contribution is 14.0. The summed E-state index contributed by atoms with van der Waals surface area (Å²) in [4.78, 5) is 29.7. The summed E-state index contributed by atoms with van der Waals surface area (Å²) in [6.07, 6.45) is 8.57. The number of aromatic nitrogens is 4. The van der Waals surface area contributed by atoms with E-state index in [2.05, 4.69) is 35.6 Å². The van der Waals surface area contributed by atoms with Gasteiger partial charge in [-0.05, 0) is 25.5 Å². The number of nitrogens with one attached hydrogen (secondary N) is 2. The van der Waals surface area contributed by atoms with E-state index in [0.717, 1.165) is 44.5 Å². The van der Waals surface area contributed by atoms with Gasteiger partial charge in [0.15, 0.2) is 5.96 Å². The van der Waals surface area contributed by atoms with Crippen molar-refractivity contribution in [2.75, 3.05) is 50.7 Å². The molecule has 0 aromatic carbocycles. The highest BCUT2D eigenvalue weighted by Crippen LogP contribution is 2.10. The molecule has 1 aliphatic rings. The Morgan fingerprint density at radius 1 is 1.10 bits per heavy atom. The highest BCUT2D eigenvalue weighted by Gasteiger charge is 2.22. The molecular weight excluding hydrogens is 509 g/mol. The molecule has 11 heteroatoms. The van der Waals surface area contributed by atoms with Crippen LogP contribution < -0.4 is 15.5 Å². The molecule has 0 atom stereocenters. The Labute approximate surface area is 200 Å². The van der Waals surface area contributed by atoms with Crippen molar-refractivity contribution in [1.29, 1.82) is 0 Å². The van der Waals surface area contributed by atoms with Crippen molar-refractivity contribution in [3.05, 3.63) is 36.9 Å². The Bertz CT molecular complexity index is 777. The van der Waals surface area contributed by atoms with Crippen molar-refractivity contribution < 1.29 is 4.79 Å². The first-order chi connectivity index (χ1) is 14.8. The summed E-state index contributed by atoms with van der Waals surface area (Å²) in [7, 11) is 0. The predicted molar refractivity (Wildman–Crippen MR) is 132 cm³/mol. The fourth-order valence-corrected chi connectivity index (χ4v) is 3.25. The number of nitrogens with zero attached hydrogens (tertiary/aromatic N) is 7. The van der Waals surface area contributed by atoms with E-state index >= 15 is 0 Å². The van der Waals surface area contributed by atoms with Crippen molar-refractivity contribution in [2.45, 2.75) is 26.3 Å². The van der Waals surface area contributed by atoms with Crippen LogP contribution in [0.4, 0.5) is 5.95 Å². The van der Waals surface area contributed by atoms with E-state index in [1.807, 2.05) is 28.8 Å². The second-order valence-electron chi connectivity index (χ2n) is 6.98. The number of amides is 1. The maximum absolute atomic E-state index is 12.5. The van der Waals surface area contributed by atoms with E-state index in [4.69, 9.17) is 0 Å². The number of hydrogen-bond donors (Lipinski definition) is 2. The van der Waals surface area contributed by atoms with Crippen molar-refractivity contribution in [1.82, 2.24) is 35.3 Å². The van der Waals surface area contributed by atoms with Crippen molar-refractivity contribution in [3.63, 3.8) is 0 Å². The lowest BCUT2D eigenvalue weighted by Gasteiger charge is -2.34. The quantitative estimate of drug-likeness (QED) is 0.211. The molecule has 10 nitrogen and oxygen atoms in total. The Morgan fingerprint density at radius 3 is 2.55 bits per heavy atom. The molecule has 0 spiro atoms. The van der Waals surface area contributed by atoms with Crippen LogP contribution in [0.1, 0.15) is 19.8 Å². The summed E-state index contributed by atoms with van der Waals surface area (Å²) in [6, 6.07) is 3.72. The number of aliphatic imine (C=N–C) groups is 1. The number of carbonyl (C=O) groups is 1. The fraction of sp³-hybridized carbons (Fsp3) is 0.550. The van der Waals surface area contributed by atoms with E-state index in [1.54, 1.807) is 24.7 Å². The van der Waals surface area contributed by atoms with E-state index in [0.29, 0.717) is 32.6 Å². The molecule has 1 amide bonds. The molecule has 2 aromatic rings. The molecule has 1 saturated heterocycles. The third-order valence-corrected chi connectivity index (χ3v) is 4.82. The van der Waals surface area contributed by atoms with Crippen LogP contribution in [0.25, 0.3) is 0 Å². The molecule has 0 aliphatic carbocycles. The Hall–Kier alpha value is -2.44. The van der Waals surface area contributed by atoms with Gasteiger partial charge in [0.1, 0.15) is 0 Å². The molecule has 2 aromatic heterocycles. The Balaban J connectivity index is 0.00000341. The number of halogens is 1. The zero-order chi connectivity index (χ0) is 21.0. The lowest BCUT2D eigenvalue weighted by atomic mass is 10.3. The number of carbonyl (C=O) groups excluding carboxylic acids is 1. The Morgan fingerprint density at radius 2 is 1.87 bits per heavy atom. The monoisotopic (exact) mass is 541 g/mol. The lowest BCUT2D eigenvalue weighted by Crippen LogP contribution is -2.50. The van der Waals surface area contributed by atoms with E-state index in [-0.39, 0.29) is 29.9 Å². The number of anilines is 1. The van der Waals surface area contributed by atoms with E-state index in [9.17, 15) is 4.79 Å². The third kappa shape index (κ3) is 8.31. The lowest BCUT2D eigenvalue weighted by molar-refractivity contribution is -0.131.